The first-order valence-electron chi connectivity index (χ1n) is 7.65. The van der Waals surface area contributed by atoms with Crippen molar-refractivity contribution in [2.24, 2.45) is 5.41 Å². The van der Waals surface area contributed by atoms with Crippen molar-refractivity contribution in [1.82, 2.24) is 0 Å². The molecule has 2 aromatic carbocycles. The molecule has 2 rings (SSSR count). The van der Waals surface area contributed by atoms with Gasteiger partial charge >= 0.3 is 0 Å². The third-order valence-electron chi connectivity index (χ3n) is 3.56. The maximum Gasteiger partial charge on any atom is 0.230 e. The molecular weight excluding hydrogens is 418 g/mol. The average Bonchev–Trinajstić information content (AvgIpc) is 2.54. The molecule has 0 saturated heterocycles. The van der Waals surface area contributed by atoms with Crippen molar-refractivity contribution in [3.63, 3.8) is 0 Å². The molecule has 138 valence electrons. The first-order valence-corrected chi connectivity index (χ1v) is 9.22. The molecule has 0 amide bonds. The van der Waals surface area contributed by atoms with Crippen LogP contribution in [0.4, 0.5) is 0 Å². The van der Waals surface area contributed by atoms with E-state index in [4.69, 9.17) is 51.1 Å². The normalized spacial score (nSPS) is 12.6. The Hall–Kier alpha value is -1.26. The van der Waals surface area contributed by atoms with E-state index in [9.17, 15) is 9.59 Å². The van der Waals surface area contributed by atoms with Crippen LogP contribution in [-0.4, -0.2) is 17.1 Å². The Kier molecular flexibility index (Phi) is 6.62. The van der Waals surface area contributed by atoms with Crippen molar-refractivity contribution in [3.05, 3.63) is 62.6 Å². The molecule has 26 heavy (non-hydrogen) atoms. The quantitative estimate of drug-likeness (QED) is 0.402. The van der Waals surface area contributed by atoms with Gasteiger partial charge in [0.25, 0.3) is 0 Å². The van der Waals surface area contributed by atoms with Crippen LogP contribution in [0.5, 0.6) is 5.75 Å². The number of benzene rings is 2. The van der Waals surface area contributed by atoms with Crippen molar-refractivity contribution >= 4 is 58.0 Å². The van der Waals surface area contributed by atoms with E-state index < -0.39 is 11.0 Å². The number of ether oxygens (including phenoxy) is 1. The van der Waals surface area contributed by atoms with E-state index in [2.05, 4.69) is 0 Å². The summed E-state index contributed by atoms with van der Waals surface area (Å²) in [6.07, 6.45) is 0. The highest BCUT2D eigenvalue weighted by atomic mass is 35.5. The second kappa shape index (κ2) is 8.18. The van der Waals surface area contributed by atoms with E-state index in [0.29, 0.717) is 0 Å². The van der Waals surface area contributed by atoms with Crippen LogP contribution in [0.15, 0.2) is 36.4 Å². The monoisotopic (exact) mass is 432 g/mol. The minimum atomic E-state index is -1.19. The molecule has 3 nitrogen and oxygen atoms in total. The van der Waals surface area contributed by atoms with Crippen LogP contribution in [-0.2, 0) is 4.79 Å². The lowest BCUT2D eigenvalue weighted by molar-refractivity contribution is -0.130. The lowest BCUT2D eigenvalue weighted by Gasteiger charge is -2.21. The number of hydrogen-bond acceptors (Lipinski definition) is 3. The molecule has 0 bridgehead atoms. The first-order chi connectivity index (χ1) is 12.0. The number of carbonyl (C=O) groups is 2. The fraction of sp³-hybridized carbons (Fsp3) is 0.263. The highest BCUT2D eigenvalue weighted by Crippen LogP contribution is 2.32. The highest BCUT2D eigenvalue weighted by molar-refractivity contribution is 6.41. The summed E-state index contributed by atoms with van der Waals surface area (Å²) in [5.41, 5.74) is -1.37. The largest absolute Gasteiger partial charge is 0.466 e. The first kappa shape index (κ1) is 21.0. The molecule has 1 atom stereocenters. The van der Waals surface area contributed by atoms with E-state index >= 15 is 0 Å². The number of hydrogen-bond donors (Lipinski definition) is 0. The third kappa shape index (κ3) is 4.72. The fourth-order valence-electron chi connectivity index (χ4n) is 2.10. The Morgan fingerprint density at radius 3 is 2.04 bits per heavy atom. The van der Waals surface area contributed by atoms with Crippen LogP contribution in [0.1, 0.15) is 36.7 Å². The summed E-state index contributed by atoms with van der Waals surface area (Å²) >= 11 is 24.4. The Morgan fingerprint density at radius 2 is 1.54 bits per heavy atom. The molecule has 0 N–H and O–H groups in total. The van der Waals surface area contributed by atoms with Crippen molar-refractivity contribution in [2.75, 3.05) is 0 Å². The van der Waals surface area contributed by atoms with Crippen LogP contribution >= 0.6 is 46.4 Å². The molecule has 0 aliphatic heterocycles. The van der Waals surface area contributed by atoms with Gasteiger partial charge in [-0.3, -0.25) is 9.59 Å². The standard InChI is InChI=1S/C19H16Cl4O3/c1-19(2,3)17(25)18(23)26-14-8-7-10(9-13(14)22)16(24)15-11(20)5-4-6-12(15)21/h4-9,18H,1-3H3. The predicted molar refractivity (Wildman–Crippen MR) is 106 cm³/mol. The lowest BCUT2D eigenvalue weighted by atomic mass is 9.91. The van der Waals surface area contributed by atoms with Gasteiger partial charge in [0.2, 0.25) is 5.56 Å². The third-order valence-corrected chi connectivity index (χ3v) is 4.77. The molecule has 0 aliphatic rings. The molecule has 2 aromatic rings. The number of alkyl halides is 1. The van der Waals surface area contributed by atoms with Crippen LogP contribution in [0.2, 0.25) is 15.1 Å². The predicted octanol–water partition coefficient (Wildman–Crippen LogP) is 6.44. The van der Waals surface area contributed by atoms with Crippen molar-refractivity contribution in [2.45, 2.75) is 26.3 Å². The van der Waals surface area contributed by atoms with E-state index in [1.165, 1.54) is 18.2 Å². The molecule has 0 saturated carbocycles. The summed E-state index contributed by atoms with van der Waals surface area (Å²) in [5.74, 6) is -0.452. The maximum absolute atomic E-state index is 12.7. The van der Waals surface area contributed by atoms with Crippen LogP contribution in [0, 0.1) is 5.41 Å². The summed E-state index contributed by atoms with van der Waals surface area (Å²) in [7, 11) is 0. The number of carbonyl (C=O) groups excluding carboxylic acids is 2. The molecule has 0 fully saturated rings. The van der Waals surface area contributed by atoms with E-state index in [-0.39, 0.29) is 43.5 Å². The van der Waals surface area contributed by atoms with Gasteiger partial charge in [-0.25, -0.2) is 0 Å². The van der Waals surface area contributed by atoms with Gasteiger partial charge in [0.1, 0.15) is 5.75 Å². The van der Waals surface area contributed by atoms with Gasteiger partial charge in [0.05, 0.1) is 20.6 Å². The van der Waals surface area contributed by atoms with Gasteiger partial charge in [-0.2, -0.15) is 0 Å². The Balaban J connectivity index is 2.27. The van der Waals surface area contributed by atoms with Crippen molar-refractivity contribution in [1.29, 1.82) is 0 Å². The van der Waals surface area contributed by atoms with Crippen molar-refractivity contribution < 1.29 is 14.3 Å². The molecule has 0 radical (unpaired) electrons. The SMILES string of the molecule is CC(C)(C)C(=O)C(Cl)Oc1ccc(C(=O)c2c(Cl)cccc2Cl)cc1Cl. The molecular formula is C19H16Cl4O3. The zero-order valence-electron chi connectivity index (χ0n) is 14.3. The minimum absolute atomic E-state index is 0.145. The van der Waals surface area contributed by atoms with Crippen LogP contribution < -0.4 is 4.74 Å². The van der Waals surface area contributed by atoms with Gasteiger partial charge < -0.3 is 4.74 Å². The fourth-order valence-corrected chi connectivity index (χ4v) is 3.32. The average molecular weight is 434 g/mol. The summed E-state index contributed by atoms with van der Waals surface area (Å²) in [5, 5.41) is 0.637. The number of halogens is 4. The van der Waals surface area contributed by atoms with Crippen LogP contribution in [0.3, 0.4) is 0 Å². The molecule has 0 heterocycles. The Morgan fingerprint density at radius 1 is 0.962 bits per heavy atom. The zero-order valence-corrected chi connectivity index (χ0v) is 17.3. The lowest BCUT2D eigenvalue weighted by Crippen LogP contribution is -2.32. The van der Waals surface area contributed by atoms with E-state index in [1.807, 2.05) is 0 Å². The molecule has 0 aromatic heterocycles. The molecule has 0 spiro atoms. The Labute approximate surface area is 172 Å². The van der Waals surface area contributed by atoms with Crippen molar-refractivity contribution in [3.8, 4) is 5.75 Å². The summed E-state index contributed by atoms with van der Waals surface area (Å²) in [6.45, 7) is 5.22. The van der Waals surface area contributed by atoms with E-state index in [1.54, 1.807) is 39.0 Å². The Bertz CT molecular complexity index is 836. The van der Waals surface area contributed by atoms with Gasteiger partial charge in [0.15, 0.2) is 11.6 Å². The molecule has 7 heteroatoms. The second-order valence-corrected chi connectivity index (χ2v) is 8.24. The number of ketones is 2. The smallest absolute Gasteiger partial charge is 0.230 e. The number of Topliss-reactive ketones (excluding diaryl/α,β-unsaturated/α-hetero) is 1. The van der Waals surface area contributed by atoms with Gasteiger partial charge in [0, 0.05) is 11.0 Å². The summed E-state index contributed by atoms with van der Waals surface area (Å²) < 4.78 is 5.44. The van der Waals surface area contributed by atoms with Crippen LogP contribution in [0.25, 0.3) is 0 Å². The van der Waals surface area contributed by atoms with E-state index in [0.717, 1.165) is 0 Å². The highest BCUT2D eigenvalue weighted by Gasteiger charge is 2.30. The summed E-state index contributed by atoms with van der Waals surface area (Å²) in [4.78, 5) is 24.8. The minimum Gasteiger partial charge on any atom is -0.466 e. The zero-order chi connectivity index (χ0) is 19.6. The molecule has 0 aliphatic carbocycles. The van der Waals surface area contributed by atoms with Gasteiger partial charge in [-0.15, -0.1) is 0 Å². The topological polar surface area (TPSA) is 43.4 Å². The molecule has 1 unspecified atom stereocenters. The maximum atomic E-state index is 12.7. The number of rotatable bonds is 5. The second-order valence-electron chi connectivity index (χ2n) is 6.62. The van der Waals surface area contributed by atoms with Gasteiger partial charge in [-0.05, 0) is 30.3 Å². The summed E-state index contributed by atoms with van der Waals surface area (Å²) in [6, 6.07) is 9.22. The van der Waals surface area contributed by atoms with Gasteiger partial charge in [-0.1, -0.05) is 73.2 Å².